The summed E-state index contributed by atoms with van der Waals surface area (Å²) >= 11 is 2.45. The molecule has 72 valence electrons. The number of hydrogen-bond acceptors (Lipinski definition) is 0. The zero-order valence-corrected chi connectivity index (χ0v) is 11.9. The summed E-state index contributed by atoms with van der Waals surface area (Å²) in [6, 6.07) is 4.30. The lowest BCUT2D eigenvalue weighted by atomic mass is 10.6. The molecule has 0 saturated carbocycles. The molecule has 0 N–H and O–H groups in total. The van der Waals surface area contributed by atoms with Crippen LogP contribution >= 0.6 is 22.6 Å². The molecule has 0 spiro atoms. The highest BCUT2D eigenvalue weighted by atomic mass is 127. The van der Waals surface area contributed by atoms with E-state index in [-0.39, 0.29) is 0 Å². The standard InChI is InChI=1S/C10H21ISi/c1-5-8-12(6-2,7-3)9-10(4)11/h9H,5-8H2,1-4H3. The Balaban J connectivity index is 4.45. The van der Waals surface area contributed by atoms with Crippen LogP contribution in [0, 0.1) is 0 Å². The van der Waals surface area contributed by atoms with Crippen LogP contribution in [0.2, 0.25) is 18.1 Å². The van der Waals surface area contributed by atoms with Gasteiger partial charge in [0.05, 0.1) is 8.07 Å². The van der Waals surface area contributed by atoms with Crippen molar-refractivity contribution < 1.29 is 0 Å². The van der Waals surface area contributed by atoms with Crippen molar-refractivity contribution >= 4 is 30.7 Å². The Hall–Kier alpha value is 0.687. The fourth-order valence-electron chi connectivity index (χ4n) is 1.80. The van der Waals surface area contributed by atoms with Gasteiger partial charge in [0.2, 0.25) is 0 Å². The molecule has 12 heavy (non-hydrogen) atoms. The van der Waals surface area contributed by atoms with E-state index >= 15 is 0 Å². The van der Waals surface area contributed by atoms with Crippen LogP contribution in [-0.4, -0.2) is 8.07 Å². The van der Waals surface area contributed by atoms with Crippen molar-refractivity contribution in [3.8, 4) is 0 Å². The van der Waals surface area contributed by atoms with Crippen LogP contribution in [0.4, 0.5) is 0 Å². The maximum Gasteiger partial charge on any atom is 0.0782 e. The highest BCUT2D eigenvalue weighted by Gasteiger charge is 2.24. The first-order valence-corrected chi connectivity index (χ1v) is 8.73. The normalized spacial score (nSPS) is 13.6. The SMILES string of the molecule is CCC[Si](C=C(C)I)(CC)CC. The lowest BCUT2D eigenvalue weighted by molar-refractivity contribution is 1.02. The molecule has 0 unspecified atom stereocenters. The Morgan fingerprint density at radius 1 is 1.25 bits per heavy atom. The predicted octanol–water partition coefficient (Wildman–Crippen LogP) is 4.76. The van der Waals surface area contributed by atoms with Gasteiger partial charge in [-0.05, 0) is 10.5 Å². The highest BCUT2D eigenvalue weighted by Crippen LogP contribution is 2.26. The van der Waals surface area contributed by atoms with Crippen molar-refractivity contribution in [2.75, 3.05) is 0 Å². The first kappa shape index (κ1) is 12.7. The maximum atomic E-state index is 2.59. The summed E-state index contributed by atoms with van der Waals surface area (Å²) < 4.78 is 1.50. The molecule has 0 amide bonds. The van der Waals surface area contributed by atoms with Crippen LogP contribution in [0.5, 0.6) is 0 Å². The summed E-state index contributed by atoms with van der Waals surface area (Å²) in [6.07, 6.45) is 1.36. The molecular formula is C10H21ISi. The van der Waals surface area contributed by atoms with E-state index < -0.39 is 8.07 Å². The average molecular weight is 296 g/mol. The molecule has 0 nitrogen and oxygen atoms in total. The van der Waals surface area contributed by atoms with E-state index in [0.717, 1.165) is 0 Å². The molecule has 2 heteroatoms. The molecule has 0 aromatic heterocycles. The van der Waals surface area contributed by atoms with Gasteiger partial charge in [-0.2, -0.15) is 0 Å². The zero-order chi connectivity index (χ0) is 9.61. The first-order chi connectivity index (χ1) is 5.60. The molecule has 0 aliphatic rings. The largest absolute Gasteiger partial charge is 0.0854 e. The van der Waals surface area contributed by atoms with Crippen molar-refractivity contribution in [3.05, 3.63) is 9.28 Å². The summed E-state index contributed by atoms with van der Waals surface area (Å²) in [5.74, 6) is 0. The minimum atomic E-state index is -0.976. The van der Waals surface area contributed by atoms with Crippen molar-refractivity contribution in [1.82, 2.24) is 0 Å². The van der Waals surface area contributed by atoms with Crippen molar-refractivity contribution in [1.29, 1.82) is 0 Å². The Morgan fingerprint density at radius 3 is 2.00 bits per heavy atom. The minimum absolute atomic E-state index is 0.976. The third-order valence-corrected chi connectivity index (χ3v) is 8.92. The van der Waals surface area contributed by atoms with Gasteiger partial charge in [0, 0.05) is 0 Å². The van der Waals surface area contributed by atoms with Gasteiger partial charge in [-0.3, -0.25) is 0 Å². The number of halogens is 1. The van der Waals surface area contributed by atoms with Gasteiger partial charge in [0.15, 0.2) is 0 Å². The summed E-state index contributed by atoms with van der Waals surface area (Å²) in [7, 11) is -0.976. The lowest BCUT2D eigenvalue weighted by Gasteiger charge is -2.25. The summed E-state index contributed by atoms with van der Waals surface area (Å²) in [5, 5.41) is 0. The molecular weight excluding hydrogens is 275 g/mol. The van der Waals surface area contributed by atoms with E-state index in [1.54, 1.807) is 0 Å². The van der Waals surface area contributed by atoms with Crippen LogP contribution in [0.25, 0.3) is 0 Å². The fourth-order valence-corrected chi connectivity index (χ4v) is 7.38. The van der Waals surface area contributed by atoms with Crippen LogP contribution in [0.1, 0.15) is 34.1 Å². The molecule has 0 radical (unpaired) electrons. The molecule has 0 aliphatic heterocycles. The smallest absolute Gasteiger partial charge is 0.0782 e. The molecule has 0 aliphatic carbocycles. The number of allylic oxidation sites excluding steroid dienone is 1. The van der Waals surface area contributed by atoms with Gasteiger partial charge in [-0.1, -0.05) is 73.6 Å². The molecule has 0 rings (SSSR count). The third kappa shape index (κ3) is 4.08. The van der Waals surface area contributed by atoms with Gasteiger partial charge in [-0.15, -0.1) is 0 Å². The van der Waals surface area contributed by atoms with Gasteiger partial charge in [0.25, 0.3) is 0 Å². The average Bonchev–Trinajstić information content (AvgIpc) is 2.03. The van der Waals surface area contributed by atoms with E-state index in [1.807, 2.05) is 0 Å². The van der Waals surface area contributed by atoms with Gasteiger partial charge >= 0.3 is 0 Å². The van der Waals surface area contributed by atoms with E-state index in [4.69, 9.17) is 0 Å². The van der Waals surface area contributed by atoms with Crippen LogP contribution in [0.3, 0.4) is 0 Å². The molecule has 0 fully saturated rings. The van der Waals surface area contributed by atoms with Gasteiger partial charge < -0.3 is 0 Å². The molecule has 0 heterocycles. The third-order valence-electron chi connectivity index (χ3n) is 2.66. The molecule has 0 atom stereocenters. The van der Waals surface area contributed by atoms with Crippen molar-refractivity contribution in [2.45, 2.75) is 52.2 Å². The molecule has 0 saturated heterocycles. The van der Waals surface area contributed by atoms with E-state index in [0.29, 0.717) is 0 Å². The van der Waals surface area contributed by atoms with E-state index in [1.165, 1.54) is 28.1 Å². The summed E-state index contributed by atoms with van der Waals surface area (Å²) in [4.78, 5) is 0. The monoisotopic (exact) mass is 296 g/mol. The fraction of sp³-hybridized carbons (Fsp3) is 0.800. The first-order valence-electron chi connectivity index (χ1n) is 4.95. The van der Waals surface area contributed by atoms with Gasteiger partial charge in [-0.25, -0.2) is 0 Å². The second kappa shape index (κ2) is 6.19. The van der Waals surface area contributed by atoms with Crippen LogP contribution in [0.15, 0.2) is 9.28 Å². The Morgan fingerprint density at radius 2 is 1.75 bits per heavy atom. The summed E-state index contributed by atoms with van der Waals surface area (Å²) in [5.41, 5.74) is 2.59. The zero-order valence-electron chi connectivity index (χ0n) is 8.78. The predicted molar refractivity (Wildman–Crippen MR) is 69.6 cm³/mol. The second-order valence-corrected chi connectivity index (χ2v) is 10.2. The van der Waals surface area contributed by atoms with E-state index in [2.05, 4.69) is 56.0 Å². The van der Waals surface area contributed by atoms with E-state index in [9.17, 15) is 0 Å². The lowest BCUT2D eigenvalue weighted by Crippen LogP contribution is -2.29. The Labute approximate surface area is 92.0 Å². The Kier molecular flexibility index (Phi) is 6.54. The summed E-state index contributed by atoms with van der Waals surface area (Å²) in [6.45, 7) is 9.26. The second-order valence-electron chi connectivity index (χ2n) is 3.55. The highest BCUT2D eigenvalue weighted by molar-refractivity contribution is 14.1. The minimum Gasteiger partial charge on any atom is -0.0854 e. The quantitative estimate of drug-likeness (QED) is 0.507. The van der Waals surface area contributed by atoms with Gasteiger partial charge in [0.1, 0.15) is 0 Å². The number of rotatable bonds is 5. The topological polar surface area (TPSA) is 0 Å². The molecule has 0 aromatic rings. The maximum absolute atomic E-state index is 2.59. The molecule has 0 aromatic carbocycles. The molecule has 0 bridgehead atoms. The van der Waals surface area contributed by atoms with Crippen molar-refractivity contribution in [2.24, 2.45) is 0 Å². The number of hydrogen-bond donors (Lipinski definition) is 0. The van der Waals surface area contributed by atoms with Crippen molar-refractivity contribution in [3.63, 3.8) is 0 Å². The Bertz CT molecular complexity index is 144. The van der Waals surface area contributed by atoms with Crippen LogP contribution in [-0.2, 0) is 0 Å². The van der Waals surface area contributed by atoms with Crippen LogP contribution < -0.4 is 0 Å².